The maximum absolute atomic E-state index is 12.7. The summed E-state index contributed by atoms with van der Waals surface area (Å²) in [5.41, 5.74) is 5.44. The molecule has 0 aromatic heterocycles. The normalized spacial score (nSPS) is 17.6. The predicted molar refractivity (Wildman–Crippen MR) is 78.3 cm³/mol. The number of piperazine rings is 1. The van der Waals surface area contributed by atoms with Gasteiger partial charge in [-0.15, -0.1) is 0 Å². The monoisotopic (exact) mass is 299 g/mol. The van der Waals surface area contributed by atoms with Gasteiger partial charge in [0.2, 0.25) is 0 Å². The SMILES string of the molecule is NC/C=C/CN1CCN(c2cccc(C(F)(F)F)c2)CC1. The van der Waals surface area contributed by atoms with Crippen LogP contribution in [-0.4, -0.2) is 44.2 Å². The quantitative estimate of drug-likeness (QED) is 0.866. The van der Waals surface area contributed by atoms with Gasteiger partial charge >= 0.3 is 6.18 Å². The average molecular weight is 299 g/mol. The lowest BCUT2D eigenvalue weighted by Gasteiger charge is -2.35. The number of hydrogen-bond donors (Lipinski definition) is 1. The summed E-state index contributed by atoms with van der Waals surface area (Å²) in [6.45, 7) is 4.52. The summed E-state index contributed by atoms with van der Waals surface area (Å²) in [6, 6.07) is 5.54. The van der Waals surface area contributed by atoms with E-state index < -0.39 is 11.7 Å². The van der Waals surface area contributed by atoms with Gasteiger partial charge in [0.25, 0.3) is 0 Å². The fraction of sp³-hybridized carbons (Fsp3) is 0.467. The van der Waals surface area contributed by atoms with Crippen LogP contribution in [0.3, 0.4) is 0 Å². The third-order valence-electron chi connectivity index (χ3n) is 3.58. The van der Waals surface area contributed by atoms with E-state index in [0.29, 0.717) is 12.2 Å². The Hall–Kier alpha value is -1.53. The largest absolute Gasteiger partial charge is 0.416 e. The predicted octanol–water partition coefficient (Wildman–Crippen LogP) is 2.34. The second-order valence-electron chi connectivity index (χ2n) is 5.04. The van der Waals surface area contributed by atoms with Gasteiger partial charge in [-0.25, -0.2) is 0 Å². The lowest BCUT2D eigenvalue weighted by molar-refractivity contribution is -0.137. The lowest BCUT2D eigenvalue weighted by atomic mass is 10.1. The van der Waals surface area contributed by atoms with E-state index in [4.69, 9.17) is 5.73 Å². The minimum atomic E-state index is -4.29. The second-order valence-corrected chi connectivity index (χ2v) is 5.04. The van der Waals surface area contributed by atoms with E-state index in [0.717, 1.165) is 38.8 Å². The van der Waals surface area contributed by atoms with Crippen molar-refractivity contribution in [3.63, 3.8) is 0 Å². The first kappa shape index (κ1) is 15.9. The van der Waals surface area contributed by atoms with Crippen LogP contribution < -0.4 is 10.6 Å². The Morgan fingerprint density at radius 2 is 1.81 bits per heavy atom. The molecule has 6 heteroatoms. The van der Waals surface area contributed by atoms with Gasteiger partial charge in [0.05, 0.1) is 5.56 Å². The fourth-order valence-corrected chi connectivity index (χ4v) is 2.39. The first-order chi connectivity index (χ1) is 10.0. The Kier molecular flexibility index (Phi) is 5.25. The van der Waals surface area contributed by atoms with Crippen LogP contribution in [0.5, 0.6) is 0 Å². The van der Waals surface area contributed by atoms with E-state index in [1.54, 1.807) is 6.07 Å². The number of benzene rings is 1. The number of nitrogens with zero attached hydrogens (tertiary/aromatic N) is 2. The van der Waals surface area contributed by atoms with Crippen LogP contribution in [0.1, 0.15) is 5.56 Å². The van der Waals surface area contributed by atoms with Crippen LogP contribution in [0.15, 0.2) is 36.4 Å². The molecule has 3 nitrogen and oxygen atoms in total. The number of hydrogen-bond acceptors (Lipinski definition) is 3. The van der Waals surface area contributed by atoms with Gasteiger partial charge in [0.15, 0.2) is 0 Å². The summed E-state index contributed by atoms with van der Waals surface area (Å²) >= 11 is 0. The molecule has 1 aromatic carbocycles. The zero-order valence-electron chi connectivity index (χ0n) is 11.8. The molecule has 0 spiro atoms. The van der Waals surface area contributed by atoms with Crippen molar-refractivity contribution in [2.75, 3.05) is 44.2 Å². The van der Waals surface area contributed by atoms with Crippen LogP contribution in [0, 0.1) is 0 Å². The van der Waals surface area contributed by atoms with Crippen LogP contribution in [-0.2, 0) is 6.18 Å². The van der Waals surface area contributed by atoms with Gasteiger partial charge in [0, 0.05) is 45.0 Å². The van der Waals surface area contributed by atoms with Gasteiger partial charge in [-0.2, -0.15) is 13.2 Å². The highest BCUT2D eigenvalue weighted by Gasteiger charge is 2.31. The molecular weight excluding hydrogens is 279 g/mol. The molecule has 1 aliphatic rings. The molecule has 0 atom stereocenters. The van der Waals surface area contributed by atoms with Crippen molar-refractivity contribution in [1.82, 2.24) is 4.90 Å². The Morgan fingerprint density at radius 1 is 1.10 bits per heavy atom. The van der Waals surface area contributed by atoms with Crippen molar-refractivity contribution in [3.05, 3.63) is 42.0 Å². The minimum absolute atomic E-state index is 0.532. The Labute approximate surface area is 122 Å². The van der Waals surface area contributed by atoms with E-state index in [9.17, 15) is 13.2 Å². The minimum Gasteiger partial charge on any atom is -0.369 e. The van der Waals surface area contributed by atoms with E-state index >= 15 is 0 Å². The number of halogens is 3. The van der Waals surface area contributed by atoms with Crippen LogP contribution >= 0.6 is 0 Å². The third-order valence-corrected chi connectivity index (χ3v) is 3.58. The van der Waals surface area contributed by atoms with Gasteiger partial charge in [-0.05, 0) is 18.2 Å². The molecule has 0 aliphatic carbocycles. The van der Waals surface area contributed by atoms with Gasteiger partial charge in [-0.3, -0.25) is 4.90 Å². The highest BCUT2D eigenvalue weighted by molar-refractivity contribution is 5.49. The van der Waals surface area contributed by atoms with Crippen molar-refractivity contribution < 1.29 is 13.2 Å². The van der Waals surface area contributed by atoms with Crippen LogP contribution in [0.25, 0.3) is 0 Å². The molecule has 1 fully saturated rings. The number of alkyl halides is 3. The molecule has 0 bridgehead atoms. The number of anilines is 1. The van der Waals surface area contributed by atoms with E-state index in [1.807, 2.05) is 17.1 Å². The van der Waals surface area contributed by atoms with Crippen molar-refractivity contribution in [1.29, 1.82) is 0 Å². The third kappa shape index (κ3) is 4.47. The van der Waals surface area contributed by atoms with E-state index in [-0.39, 0.29) is 0 Å². The zero-order valence-corrected chi connectivity index (χ0v) is 11.8. The summed E-state index contributed by atoms with van der Waals surface area (Å²) in [4.78, 5) is 4.26. The van der Waals surface area contributed by atoms with Crippen LogP contribution in [0.4, 0.5) is 18.9 Å². The van der Waals surface area contributed by atoms with Gasteiger partial charge < -0.3 is 10.6 Å². The molecule has 1 aliphatic heterocycles. The topological polar surface area (TPSA) is 32.5 Å². The molecule has 1 saturated heterocycles. The average Bonchev–Trinajstić information content (AvgIpc) is 2.47. The summed E-state index contributed by atoms with van der Waals surface area (Å²) in [6.07, 6.45) is -0.343. The Balaban J connectivity index is 1.95. The molecule has 0 unspecified atom stereocenters. The Morgan fingerprint density at radius 3 is 2.43 bits per heavy atom. The highest BCUT2D eigenvalue weighted by Crippen LogP contribution is 2.31. The first-order valence-electron chi connectivity index (χ1n) is 7.00. The number of rotatable bonds is 4. The zero-order chi connectivity index (χ0) is 15.3. The van der Waals surface area contributed by atoms with E-state index in [1.165, 1.54) is 12.1 Å². The van der Waals surface area contributed by atoms with Crippen molar-refractivity contribution in [3.8, 4) is 0 Å². The van der Waals surface area contributed by atoms with Crippen molar-refractivity contribution >= 4 is 5.69 Å². The number of nitrogens with two attached hydrogens (primary N) is 1. The molecular formula is C15H20F3N3. The summed E-state index contributed by atoms with van der Waals surface area (Å²) in [5.74, 6) is 0. The summed E-state index contributed by atoms with van der Waals surface area (Å²) in [5, 5.41) is 0. The highest BCUT2D eigenvalue weighted by atomic mass is 19.4. The Bertz CT molecular complexity index is 477. The molecule has 1 aromatic rings. The molecule has 2 rings (SSSR count). The maximum atomic E-state index is 12.7. The standard InChI is InChI=1S/C15H20F3N3/c16-15(17,18)13-4-3-5-14(12-13)21-10-8-20(9-11-21)7-2-1-6-19/h1-5,12H,6-11,19H2/b2-1+. The molecule has 1 heterocycles. The lowest BCUT2D eigenvalue weighted by Crippen LogP contribution is -2.46. The maximum Gasteiger partial charge on any atom is 0.416 e. The van der Waals surface area contributed by atoms with Crippen molar-refractivity contribution in [2.45, 2.75) is 6.18 Å². The fourth-order valence-electron chi connectivity index (χ4n) is 2.39. The van der Waals surface area contributed by atoms with Gasteiger partial charge in [0.1, 0.15) is 0 Å². The molecule has 116 valence electrons. The molecule has 2 N–H and O–H groups in total. The molecule has 0 radical (unpaired) electrons. The second kappa shape index (κ2) is 6.95. The molecule has 0 saturated carbocycles. The summed E-state index contributed by atoms with van der Waals surface area (Å²) in [7, 11) is 0. The molecule has 0 amide bonds. The molecule has 21 heavy (non-hydrogen) atoms. The first-order valence-corrected chi connectivity index (χ1v) is 7.00. The smallest absolute Gasteiger partial charge is 0.369 e. The van der Waals surface area contributed by atoms with Gasteiger partial charge in [-0.1, -0.05) is 18.2 Å². The van der Waals surface area contributed by atoms with Crippen molar-refractivity contribution in [2.24, 2.45) is 5.73 Å². The summed E-state index contributed by atoms with van der Waals surface area (Å²) < 4.78 is 38.2. The van der Waals surface area contributed by atoms with E-state index in [2.05, 4.69) is 4.90 Å². The van der Waals surface area contributed by atoms with Crippen LogP contribution in [0.2, 0.25) is 0 Å².